The summed E-state index contributed by atoms with van der Waals surface area (Å²) in [4.78, 5) is 43.9. The van der Waals surface area contributed by atoms with Crippen molar-refractivity contribution in [3.8, 4) is 17.2 Å². The minimum absolute atomic E-state index is 0.0226. The number of amides is 4. The quantitative estimate of drug-likeness (QED) is 0.280. The summed E-state index contributed by atoms with van der Waals surface area (Å²) in [5.41, 5.74) is 2.10. The van der Waals surface area contributed by atoms with E-state index in [4.69, 9.17) is 18.9 Å². The van der Waals surface area contributed by atoms with Crippen LogP contribution in [-0.4, -0.2) is 91.1 Å². The third kappa shape index (κ3) is 9.66. The summed E-state index contributed by atoms with van der Waals surface area (Å²) in [6.07, 6.45) is 2.12. The average Bonchev–Trinajstić information content (AvgIpc) is 3.58. The molecule has 12 heteroatoms. The molecule has 4 amide bonds. The van der Waals surface area contributed by atoms with Gasteiger partial charge < -0.3 is 44.5 Å². The maximum absolute atomic E-state index is 14.4. The Labute approximate surface area is 293 Å². The van der Waals surface area contributed by atoms with Gasteiger partial charge in [0.25, 0.3) is 5.91 Å². The molecule has 0 bridgehead atoms. The van der Waals surface area contributed by atoms with Crippen molar-refractivity contribution in [1.82, 2.24) is 9.80 Å². The van der Waals surface area contributed by atoms with E-state index in [-0.39, 0.29) is 61.9 Å². The molecule has 0 fully saturated rings. The monoisotopic (exact) mass is 688 g/mol. The summed E-state index contributed by atoms with van der Waals surface area (Å²) in [7, 11) is 1.78. The van der Waals surface area contributed by atoms with Gasteiger partial charge in [0.2, 0.25) is 12.7 Å². The molecule has 0 radical (unpaired) electrons. The van der Waals surface area contributed by atoms with Crippen LogP contribution in [0.1, 0.15) is 56.0 Å². The number of ether oxygens (including phenoxy) is 4. The Morgan fingerprint density at radius 1 is 0.960 bits per heavy atom. The lowest BCUT2D eigenvalue weighted by Crippen LogP contribution is -2.48. The van der Waals surface area contributed by atoms with Crippen molar-refractivity contribution in [2.45, 2.75) is 64.7 Å². The highest BCUT2D eigenvalue weighted by Gasteiger charge is 2.31. The van der Waals surface area contributed by atoms with Gasteiger partial charge in [-0.25, -0.2) is 4.79 Å². The van der Waals surface area contributed by atoms with Crippen LogP contribution >= 0.6 is 0 Å². The molecule has 3 aromatic carbocycles. The van der Waals surface area contributed by atoms with Crippen molar-refractivity contribution in [3.05, 3.63) is 77.9 Å². The molecule has 5 rings (SSSR count). The molecule has 0 unspecified atom stereocenters. The number of aliphatic hydroxyl groups is 1. The zero-order chi connectivity index (χ0) is 35.6. The fourth-order valence-electron chi connectivity index (χ4n) is 6.01. The van der Waals surface area contributed by atoms with Crippen molar-refractivity contribution < 1.29 is 38.4 Å². The second kappa shape index (κ2) is 17.2. The molecule has 2 heterocycles. The van der Waals surface area contributed by atoms with Crippen molar-refractivity contribution >= 4 is 29.2 Å². The summed E-state index contributed by atoms with van der Waals surface area (Å²) < 4.78 is 23.5. The predicted molar refractivity (Wildman–Crippen MR) is 190 cm³/mol. The number of nitrogens with one attached hydrogen (secondary N) is 2. The Balaban J connectivity index is 1.36. The maximum Gasteiger partial charge on any atom is 0.323 e. The topological polar surface area (TPSA) is 139 Å². The van der Waals surface area contributed by atoms with E-state index in [2.05, 4.69) is 10.6 Å². The molecule has 2 aliphatic rings. The van der Waals surface area contributed by atoms with E-state index in [0.717, 1.165) is 24.8 Å². The summed E-state index contributed by atoms with van der Waals surface area (Å²) in [5, 5.41) is 15.9. The molecule has 2 aliphatic heterocycles. The third-order valence-corrected chi connectivity index (χ3v) is 9.02. The number of anilines is 2. The van der Waals surface area contributed by atoms with E-state index in [1.165, 1.54) is 0 Å². The van der Waals surface area contributed by atoms with Crippen LogP contribution in [0.4, 0.5) is 16.2 Å². The van der Waals surface area contributed by atoms with Crippen LogP contribution in [0.15, 0.2) is 66.7 Å². The standard InChI is InChI=1S/C38H48N4O8/c1-25-21-42(26(2)23-43)37(45)31-19-29(39-38(46)40-30-14-16-33-34(20-30)49-24-48-33)13-15-32(31)50-27(3)10-8-9-17-47-35(25)22-41(4)36(44)18-28-11-6-5-7-12-28/h5-7,11-16,19-20,25-27,35,43H,8-10,17-18,21-24H2,1-4H3,(H2,39,40,46)/t25-,26+,27-,35-/m0/s1. The predicted octanol–water partition coefficient (Wildman–Crippen LogP) is 5.56. The average molecular weight is 689 g/mol. The van der Waals surface area contributed by atoms with Gasteiger partial charge in [-0.3, -0.25) is 9.59 Å². The highest BCUT2D eigenvalue weighted by Crippen LogP contribution is 2.34. The maximum atomic E-state index is 14.4. The first-order valence-electron chi connectivity index (χ1n) is 17.2. The number of likely N-dealkylation sites (N-methyl/N-ethyl adjacent to an activating group) is 1. The minimum atomic E-state index is -0.535. The fraction of sp³-hybridized carbons (Fsp3) is 0.447. The van der Waals surface area contributed by atoms with E-state index >= 15 is 0 Å². The minimum Gasteiger partial charge on any atom is -0.490 e. The molecule has 4 atom stereocenters. The Hall–Kier alpha value is -4.81. The SMILES string of the molecule is C[C@H](CO)N1C[C@H](C)[C@H](CN(C)C(=O)Cc2ccccc2)OCCCC[C@H](C)Oc2ccc(NC(=O)Nc3ccc4c(c3)OCO4)cc2C1=O. The summed E-state index contributed by atoms with van der Waals surface area (Å²) in [5.74, 6) is 0.960. The van der Waals surface area contributed by atoms with E-state index in [1.807, 2.05) is 44.2 Å². The number of carbonyl (C=O) groups is 3. The molecular formula is C38H48N4O8. The number of benzene rings is 3. The molecule has 3 aromatic rings. The van der Waals surface area contributed by atoms with Crippen LogP contribution in [0.3, 0.4) is 0 Å². The fourth-order valence-corrected chi connectivity index (χ4v) is 6.01. The first-order valence-corrected chi connectivity index (χ1v) is 17.2. The van der Waals surface area contributed by atoms with Gasteiger partial charge in [0.05, 0.1) is 36.8 Å². The van der Waals surface area contributed by atoms with Crippen LogP contribution in [0.2, 0.25) is 0 Å². The molecule has 12 nitrogen and oxygen atoms in total. The number of rotatable bonds is 8. The number of hydrogen-bond acceptors (Lipinski definition) is 8. The largest absolute Gasteiger partial charge is 0.490 e. The van der Waals surface area contributed by atoms with Gasteiger partial charge >= 0.3 is 6.03 Å². The second-order valence-electron chi connectivity index (χ2n) is 13.1. The molecule has 50 heavy (non-hydrogen) atoms. The van der Waals surface area contributed by atoms with Gasteiger partial charge in [0, 0.05) is 50.1 Å². The van der Waals surface area contributed by atoms with Crippen molar-refractivity contribution in [2.75, 3.05) is 50.8 Å². The molecule has 0 saturated carbocycles. The molecule has 268 valence electrons. The van der Waals surface area contributed by atoms with Gasteiger partial charge in [-0.15, -0.1) is 0 Å². The van der Waals surface area contributed by atoms with Gasteiger partial charge in [0.15, 0.2) is 11.5 Å². The van der Waals surface area contributed by atoms with E-state index in [1.54, 1.807) is 60.2 Å². The van der Waals surface area contributed by atoms with Crippen LogP contribution in [0.5, 0.6) is 17.2 Å². The van der Waals surface area contributed by atoms with E-state index in [9.17, 15) is 19.5 Å². The van der Waals surface area contributed by atoms with Gasteiger partial charge in [-0.2, -0.15) is 0 Å². The van der Waals surface area contributed by atoms with Crippen molar-refractivity contribution in [1.29, 1.82) is 0 Å². The number of nitrogens with zero attached hydrogens (tertiary/aromatic N) is 2. The number of carbonyl (C=O) groups excluding carboxylic acids is 3. The van der Waals surface area contributed by atoms with Crippen molar-refractivity contribution in [2.24, 2.45) is 5.92 Å². The van der Waals surface area contributed by atoms with Crippen LogP contribution in [0, 0.1) is 5.92 Å². The first-order chi connectivity index (χ1) is 24.1. The summed E-state index contributed by atoms with van der Waals surface area (Å²) in [6.45, 7) is 6.70. The lowest BCUT2D eigenvalue weighted by atomic mass is 10.0. The smallest absolute Gasteiger partial charge is 0.323 e. The highest BCUT2D eigenvalue weighted by molar-refractivity contribution is 6.02. The van der Waals surface area contributed by atoms with E-state index < -0.39 is 12.1 Å². The Bertz CT molecular complexity index is 1620. The Morgan fingerprint density at radius 3 is 2.40 bits per heavy atom. The number of hydrogen-bond donors (Lipinski definition) is 3. The summed E-state index contributed by atoms with van der Waals surface area (Å²) in [6, 6.07) is 18.7. The van der Waals surface area contributed by atoms with Gasteiger partial charge in [-0.1, -0.05) is 37.3 Å². The lowest BCUT2D eigenvalue weighted by Gasteiger charge is -2.36. The molecule has 0 saturated heterocycles. The first kappa shape index (κ1) is 36.5. The van der Waals surface area contributed by atoms with Crippen molar-refractivity contribution in [3.63, 3.8) is 0 Å². The zero-order valence-corrected chi connectivity index (χ0v) is 29.2. The molecule has 3 N–H and O–H groups in total. The third-order valence-electron chi connectivity index (χ3n) is 9.02. The second-order valence-corrected chi connectivity index (χ2v) is 13.1. The number of aliphatic hydroxyl groups excluding tert-OH is 1. The van der Waals surface area contributed by atoms with Crippen LogP contribution in [0.25, 0.3) is 0 Å². The highest BCUT2D eigenvalue weighted by atomic mass is 16.7. The van der Waals surface area contributed by atoms with Gasteiger partial charge in [0.1, 0.15) is 5.75 Å². The lowest BCUT2D eigenvalue weighted by molar-refractivity contribution is -0.131. The Kier molecular flexibility index (Phi) is 12.6. The number of fused-ring (bicyclic) bond motifs is 2. The number of urea groups is 1. The van der Waals surface area contributed by atoms with Gasteiger partial charge in [-0.05, 0) is 69.0 Å². The van der Waals surface area contributed by atoms with E-state index in [0.29, 0.717) is 41.8 Å². The van der Waals surface area contributed by atoms with Crippen LogP contribution in [-0.2, 0) is 16.0 Å². The van der Waals surface area contributed by atoms with Crippen LogP contribution < -0.4 is 24.8 Å². The normalized spacial score (nSPS) is 20.1. The Morgan fingerprint density at radius 2 is 1.66 bits per heavy atom. The molecule has 0 aliphatic carbocycles. The molecule has 0 aromatic heterocycles. The molecule has 0 spiro atoms. The molecular weight excluding hydrogens is 640 g/mol. The summed E-state index contributed by atoms with van der Waals surface area (Å²) >= 11 is 0. The zero-order valence-electron chi connectivity index (χ0n) is 29.2.